The van der Waals surface area contributed by atoms with Crippen molar-refractivity contribution in [2.24, 2.45) is 0 Å². The molecule has 0 atom stereocenters. The summed E-state index contributed by atoms with van der Waals surface area (Å²) in [7, 11) is 1.69. The molecule has 10 nitrogen and oxygen atoms in total. The molecule has 2 heterocycles. The lowest BCUT2D eigenvalue weighted by atomic mass is 9.94. The number of aliphatic hydroxyl groups excluding tert-OH is 1. The minimum absolute atomic E-state index is 0.00629. The zero-order valence-electron chi connectivity index (χ0n) is 34.5. The van der Waals surface area contributed by atoms with E-state index in [2.05, 4.69) is 48.7 Å². The fraction of sp³-hybridized carbons (Fsp3) is 0.255. The summed E-state index contributed by atoms with van der Waals surface area (Å²) in [6, 6.07) is 39.8. The summed E-state index contributed by atoms with van der Waals surface area (Å²) in [4.78, 5) is 26.5. The summed E-state index contributed by atoms with van der Waals surface area (Å²) in [5.74, 6) is 2.91. The lowest BCUT2D eigenvalue weighted by molar-refractivity contribution is -0.119. The Morgan fingerprint density at radius 1 is 0.557 bits per heavy atom. The normalized spacial score (nSPS) is 15.6. The van der Waals surface area contributed by atoms with Gasteiger partial charge in [0.1, 0.15) is 0 Å². The lowest BCUT2D eigenvalue weighted by Gasteiger charge is -2.17. The highest BCUT2D eigenvalue weighted by molar-refractivity contribution is 6.03. The molecule has 2 aliphatic heterocycles. The lowest BCUT2D eigenvalue weighted by Crippen LogP contribution is -2.27. The second kappa shape index (κ2) is 16.4. The van der Waals surface area contributed by atoms with E-state index in [0.717, 1.165) is 104 Å². The highest BCUT2D eigenvalue weighted by atomic mass is 16.7. The van der Waals surface area contributed by atoms with Gasteiger partial charge in [-0.3, -0.25) is 9.59 Å². The number of fused-ring (bicyclic) bond motifs is 2. The Balaban J connectivity index is 0.000000156. The molecule has 0 radical (unpaired) electrons. The maximum atomic E-state index is 13.2. The van der Waals surface area contributed by atoms with E-state index in [4.69, 9.17) is 23.7 Å². The van der Waals surface area contributed by atoms with Crippen LogP contribution >= 0.6 is 0 Å². The molecule has 2 fully saturated rings. The first kappa shape index (κ1) is 39.8. The molecule has 10 heteroatoms. The molecule has 0 unspecified atom stereocenters. The third-order valence-electron chi connectivity index (χ3n) is 12.2. The van der Waals surface area contributed by atoms with Gasteiger partial charge in [0, 0.05) is 18.5 Å². The van der Waals surface area contributed by atoms with Crippen molar-refractivity contribution in [3.05, 3.63) is 155 Å². The topological polar surface area (TPSA) is 125 Å². The molecule has 2 saturated carbocycles. The number of ether oxygens (including phenoxy) is 5. The monoisotopic (exact) mass is 816 g/mol. The molecule has 2 amide bonds. The third-order valence-corrected chi connectivity index (χ3v) is 12.2. The number of aryl methyl sites for hydroxylation is 2. The number of anilines is 2. The number of carbonyl (C=O) groups excluding carboxylic acids is 2. The van der Waals surface area contributed by atoms with Gasteiger partial charge in [0.15, 0.2) is 23.0 Å². The molecular formula is C51H48N2O8. The van der Waals surface area contributed by atoms with E-state index in [1.54, 1.807) is 7.11 Å². The van der Waals surface area contributed by atoms with Crippen LogP contribution in [0, 0.1) is 13.8 Å². The number of nitrogens with one attached hydrogen (secondary N) is 2. The Bertz CT molecular complexity index is 2610. The molecule has 61 heavy (non-hydrogen) atoms. The van der Waals surface area contributed by atoms with Gasteiger partial charge in [-0.15, -0.1) is 0 Å². The summed E-state index contributed by atoms with van der Waals surface area (Å²) in [5, 5.41) is 15.5. The Morgan fingerprint density at radius 3 is 1.39 bits per heavy atom. The highest BCUT2D eigenvalue weighted by Gasteiger charge is 2.52. The molecule has 6 aromatic carbocycles. The van der Waals surface area contributed by atoms with E-state index < -0.39 is 10.8 Å². The predicted molar refractivity (Wildman–Crippen MR) is 234 cm³/mol. The van der Waals surface area contributed by atoms with Gasteiger partial charge in [-0.1, -0.05) is 72.8 Å². The Morgan fingerprint density at radius 2 is 0.984 bits per heavy atom. The predicted octanol–water partition coefficient (Wildman–Crippen LogP) is 9.76. The van der Waals surface area contributed by atoms with Crippen LogP contribution in [0.3, 0.4) is 0 Å². The Labute approximate surface area is 355 Å². The minimum atomic E-state index is -0.505. The molecule has 10 rings (SSSR count). The zero-order chi connectivity index (χ0) is 42.1. The van der Waals surface area contributed by atoms with Crippen LogP contribution in [0.5, 0.6) is 23.0 Å². The average molecular weight is 817 g/mol. The molecule has 2 aliphatic carbocycles. The number of hydrogen-bond acceptors (Lipinski definition) is 8. The van der Waals surface area contributed by atoms with Crippen molar-refractivity contribution >= 4 is 23.2 Å². The van der Waals surface area contributed by atoms with Crippen molar-refractivity contribution < 1.29 is 38.4 Å². The van der Waals surface area contributed by atoms with Crippen LogP contribution in [0.2, 0.25) is 0 Å². The van der Waals surface area contributed by atoms with Gasteiger partial charge in [-0.05, 0) is 144 Å². The molecule has 0 saturated heterocycles. The maximum Gasteiger partial charge on any atom is 0.235 e. The molecule has 3 N–H and O–H groups in total. The second-order valence-corrected chi connectivity index (χ2v) is 16.3. The zero-order valence-corrected chi connectivity index (χ0v) is 34.5. The molecule has 0 aromatic heterocycles. The van der Waals surface area contributed by atoms with Gasteiger partial charge in [0.2, 0.25) is 25.4 Å². The number of carbonyl (C=O) groups is 2. The minimum Gasteiger partial charge on any atom is -0.454 e. The summed E-state index contributed by atoms with van der Waals surface area (Å²) >= 11 is 0. The molecule has 4 aliphatic rings. The highest BCUT2D eigenvalue weighted by Crippen LogP contribution is 2.52. The van der Waals surface area contributed by atoms with E-state index in [1.165, 1.54) is 0 Å². The van der Waals surface area contributed by atoms with Gasteiger partial charge in [0.05, 0.1) is 24.0 Å². The van der Waals surface area contributed by atoms with Crippen LogP contribution in [0.4, 0.5) is 11.4 Å². The van der Waals surface area contributed by atoms with Crippen LogP contribution in [0.25, 0.3) is 22.3 Å². The third kappa shape index (κ3) is 8.04. The number of rotatable bonds is 11. The van der Waals surface area contributed by atoms with Crippen LogP contribution in [-0.4, -0.2) is 37.6 Å². The van der Waals surface area contributed by atoms with E-state index in [-0.39, 0.29) is 32.0 Å². The first-order chi connectivity index (χ1) is 29.7. The average Bonchev–Trinajstić information content (AvgIpc) is 4.18. The van der Waals surface area contributed by atoms with Crippen LogP contribution in [-0.2, 0) is 38.4 Å². The van der Waals surface area contributed by atoms with Crippen molar-refractivity contribution in [3.63, 3.8) is 0 Å². The van der Waals surface area contributed by atoms with Crippen LogP contribution < -0.4 is 29.6 Å². The van der Waals surface area contributed by atoms with Crippen LogP contribution in [0.1, 0.15) is 59.1 Å². The number of hydrogen-bond donors (Lipinski definition) is 3. The largest absolute Gasteiger partial charge is 0.454 e. The smallest absolute Gasteiger partial charge is 0.235 e. The van der Waals surface area contributed by atoms with E-state index in [9.17, 15) is 14.7 Å². The number of methoxy groups -OCH3 is 1. The van der Waals surface area contributed by atoms with Crippen molar-refractivity contribution in [1.82, 2.24) is 0 Å². The first-order valence-corrected chi connectivity index (χ1v) is 20.6. The molecule has 310 valence electrons. The Hall–Kier alpha value is -6.62. The second-order valence-electron chi connectivity index (χ2n) is 16.3. The van der Waals surface area contributed by atoms with E-state index >= 15 is 0 Å². The van der Waals surface area contributed by atoms with E-state index in [1.807, 2.05) is 97.1 Å². The summed E-state index contributed by atoms with van der Waals surface area (Å²) in [5.41, 5.74) is 11.2. The Kier molecular flexibility index (Phi) is 10.7. The van der Waals surface area contributed by atoms with E-state index in [0.29, 0.717) is 18.1 Å². The maximum absolute atomic E-state index is 13.2. The summed E-state index contributed by atoms with van der Waals surface area (Å²) in [6.07, 6.45) is 3.30. The van der Waals surface area contributed by atoms with Crippen molar-refractivity contribution in [3.8, 4) is 45.3 Å². The van der Waals surface area contributed by atoms with Gasteiger partial charge < -0.3 is 39.4 Å². The van der Waals surface area contributed by atoms with Gasteiger partial charge >= 0.3 is 0 Å². The van der Waals surface area contributed by atoms with Crippen LogP contribution in [0.15, 0.2) is 121 Å². The van der Waals surface area contributed by atoms with Crippen molar-refractivity contribution in [1.29, 1.82) is 0 Å². The first-order valence-electron chi connectivity index (χ1n) is 20.6. The summed E-state index contributed by atoms with van der Waals surface area (Å²) < 4.78 is 27.0. The SMILES string of the molecule is COCc1ccc(-c2cc(NC(=O)C3(c4ccc5c(c4)OCO5)CC3)ccc2C)cc1.Cc1ccc(NC(=O)C2(c3ccc4c(c3)OCO4)CC2)cc1-c1ccc(CO)cc1. The molecule has 0 spiro atoms. The molecule has 0 bridgehead atoms. The quantitative estimate of drug-likeness (QED) is 0.118. The van der Waals surface area contributed by atoms with Gasteiger partial charge in [0.25, 0.3) is 0 Å². The number of amides is 2. The molecular weight excluding hydrogens is 769 g/mol. The molecule has 6 aromatic rings. The standard InChI is InChI=1S/C26H25NO4.C25H23NO4/c1-17-3-9-21(14-22(17)19-6-4-18(5-7-19)15-29-2)27-25(28)26(11-12-26)20-8-10-23-24(13-20)31-16-30-23;1-16-2-8-20(13-21(16)18-5-3-17(14-27)4-6-18)26-24(28)25(10-11-25)19-7-9-22-23(12-19)30-15-29-22/h3-10,13-14H,11-12,15-16H2,1-2H3,(H,27,28);2-9,12-13,27H,10-11,14-15H2,1H3,(H,26,28). The van der Waals surface area contributed by atoms with Gasteiger partial charge in [-0.25, -0.2) is 0 Å². The number of aliphatic hydroxyl groups is 1. The summed E-state index contributed by atoms with van der Waals surface area (Å²) in [6.45, 7) is 5.21. The number of benzene rings is 6. The van der Waals surface area contributed by atoms with Crippen molar-refractivity contribution in [2.45, 2.75) is 63.6 Å². The van der Waals surface area contributed by atoms with Gasteiger partial charge in [-0.2, -0.15) is 0 Å². The van der Waals surface area contributed by atoms with Crippen molar-refractivity contribution in [2.75, 3.05) is 31.3 Å². The fourth-order valence-corrected chi connectivity index (χ4v) is 8.19. The fourth-order valence-electron chi connectivity index (χ4n) is 8.19.